The van der Waals surface area contributed by atoms with Crippen LogP contribution in [0.5, 0.6) is 0 Å². The summed E-state index contributed by atoms with van der Waals surface area (Å²) in [5.74, 6) is 1.56. The molecule has 0 unspecified atom stereocenters. The first-order chi connectivity index (χ1) is 7.40. The lowest BCUT2D eigenvalue weighted by Crippen LogP contribution is -2.01. The van der Waals surface area contributed by atoms with Gasteiger partial charge in [-0.3, -0.25) is 10.1 Å². The van der Waals surface area contributed by atoms with Crippen LogP contribution in [0.3, 0.4) is 0 Å². The predicted octanol–water partition coefficient (Wildman–Crippen LogP) is 0.758. The van der Waals surface area contributed by atoms with Crippen LogP contribution in [-0.4, -0.2) is 26.7 Å². The molecule has 15 heavy (non-hydrogen) atoms. The maximum Gasteiger partial charge on any atom is 0.182 e. The molecular weight excluding hydrogens is 190 g/mol. The van der Waals surface area contributed by atoms with Crippen LogP contribution in [-0.2, 0) is 6.42 Å². The Morgan fingerprint density at radius 2 is 2.33 bits per heavy atom. The van der Waals surface area contributed by atoms with Crippen LogP contribution in [0.2, 0.25) is 0 Å². The van der Waals surface area contributed by atoms with E-state index >= 15 is 0 Å². The molecule has 0 aromatic carbocycles. The molecule has 0 spiro atoms. The summed E-state index contributed by atoms with van der Waals surface area (Å²) in [6.45, 7) is 0.670. The highest BCUT2D eigenvalue weighted by atomic mass is 15.2. The minimum Gasteiger partial charge on any atom is -0.330 e. The van der Waals surface area contributed by atoms with Crippen molar-refractivity contribution in [2.75, 3.05) is 6.54 Å². The third-order valence-corrected chi connectivity index (χ3v) is 2.07. The highest BCUT2D eigenvalue weighted by molar-refractivity contribution is 5.52. The van der Waals surface area contributed by atoms with E-state index in [4.69, 9.17) is 5.73 Å². The van der Waals surface area contributed by atoms with Gasteiger partial charge in [-0.25, -0.2) is 4.98 Å². The number of hydrogen-bond donors (Lipinski definition) is 2. The standard InChI is InChI=1S/C10H13N5/c11-5-1-4-9-13-10(15-14-9)8-3-2-6-12-7-8/h2-3,6-7H,1,4-5,11H2,(H,13,14,15). The molecule has 0 aliphatic carbocycles. The van der Waals surface area contributed by atoms with Crippen molar-refractivity contribution in [3.63, 3.8) is 0 Å². The number of hydrogen-bond acceptors (Lipinski definition) is 4. The van der Waals surface area contributed by atoms with E-state index in [2.05, 4.69) is 20.2 Å². The molecule has 78 valence electrons. The topological polar surface area (TPSA) is 80.5 Å². The van der Waals surface area contributed by atoms with Crippen LogP contribution in [0.25, 0.3) is 11.4 Å². The lowest BCUT2D eigenvalue weighted by molar-refractivity contribution is 0.785. The summed E-state index contributed by atoms with van der Waals surface area (Å²) in [6.07, 6.45) is 5.23. The number of rotatable bonds is 4. The number of nitrogens with one attached hydrogen (secondary N) is 1. The van der Waals surface area contributed by atoms with E-state index in [9.17, 15) is 0 Å². The summed E-state index contributed by atoms with van der Waals surface area (Å²) < 4.78 is 0. The van der Waals surface area contributed by atoms with Gasteiger partial charge in [0.05, 0.1) is 0 Å². The Hall–Kier alpha value is -1.75. The van der Waals surface area contributed by atoms with E-state index in [-0.39, 0.29) is 0 Å². The van der Waals surface area contributed by atoms with E-state index in [1.807, 2.05) is 12.1 Å². The molecule has 0 fully saturated rings. The normalized spacial score (nSPS) is 10.5. The molecule has 0 radical (unpaired) electrons. The minimum absolute atomic E-state index is 0.670. The van der Waals surface area contributed by atoms with Crippen LogP contribution >= 0.6 is 0 Å². The summed E-state index contributed by atoms with van der Waals surface area (Å²) in [7, 11) is 0. The highest BCUT2D eigenvalue weighted by Gasteiger charge is 2.04. The Labute approximate surface area is 87.8 Å². The van der Waals surface area contributed by atoms with Gasteiger partial charge < -0.3 is 5.73 Å². The van der Waals surface area contributed by atoms with Crippen molar-refractivity contribution in [1.29, 1.82) is 0 Å². The summed E-state index contributed by atoms with van der Waals surface area (Å²) in [4.78, 5) is 8.37. The zero-order chi connectivity index (χ0) is 10.5. The fraction of sp³-hybridized carbons (Fsp3) is 0.300. The van der Waals surface area contributed by atoms with E-state index in [1.54, 1.807) is 12.4 Å². The Morgan fingerprint density at radius 3 is 3.07 bits per heavy atom. The third kappa shape index (κ3) is 2.38. The largest absolute Gasteiger partial charge is 0.330 e. The fourth-order valence-corrected chi connectivity index (χ4v) is 1.30. The van der Waals surface area contributed by atoms with Crippen LogP contribution < -0.4 is 5.73 Å². The molecule has 3 N–H and O–H groups in total. The Balaban J connectivity index is 2.14. The molecule has 0 saturated carbocycles. The van der Waals surface area contributed by atoms with Crippen LogP contribution in [0.1, 0.15) is 12.2 Å². The molecule has 2 heterocycles. The van der Waals surface area contributed by atoms with E-state index in [0.717, 1.165) is 24.2 Å². The van der Waals surface area contributed by atoms with Gasteiger partial charge in [-0.15, -0.1) is 0 Å². The average Bonchev–Trinajstić information content (AvgIpc) is 2.76. The molecular formula is C10H13N5. The first kappa shape index (κ1) is 9.79. The Kier molecular flexibility index (Phi) is 3.04. The second-order valence-electron chi connectivity index (χ2n) is 3.24. The fourth-order valence-electron chi connectivity index (χ4n) is 1.30. The summed E-state index contributed by atoms with van der Waals surface area (Å²) in [6, 6.07) is 3.80. The SMILES string of the molecule is NCCCc1nc(-c2cccnc2)n[nH]1. The van der Waals surface area contributed by atoms with Crippen molar-refractivity contribution in [1.82, 2.24) is 20.2 Å². The second-order valence-corrected chi connectivity index (χ2v) is 3.24. The molecule has 2 aromatic heterocycles. The van der Waals surface area contributed by atoms with Crippen molar-refractivity contribution in [2.24, 2.45) is 5.73 Å². The van der Waals surface area contributed by atoms with E-state index < -0.39 is 0 Å². The number of H-pyrrole nitrogens is 1. The molecule has 2 rings (SSSR count). The maximum absolute atomic E-state index is 5.42. The van der Waals surface area contributed by atoms with Crippen molar-refractivity contribution in [3.05, 3.63) is 30.4 Å². The van der Waals surface area contributed by atoms with E-state index in [1.165, 1.54) is 0 Å². The lowest BCUT2D eigenvalue weighted by atomic mass is 10.3. The van der Waals surface area contributed by atoms with Gasteiger partial charge in [0.1, 0.15) is 5.82 Å². The number of aromatic nitrogens is 4. The molecule has 0 aliphatic heterocycles. The summed E-state index contributed by atoms with van der Waals surface area (Å²) in [5, 5.41) is 7.02. The van der Waals surface area contributed by atoms with E-state index in [0.29, 0.717) is 12.4 Å². The molecule has 0 aliphatic rings. The number of aromatic amines is 1. The molecule has 5 heteroatoms. The van der Waals surface area contributed by atoms with Crippen LogP contribution in [0, 0.1) is 0 Å². The van der Waals surface area contributed by atoms with Gasteiger partial charge in [0.15, 0.2) is 5.82 Å². The smallest absolute Gasteiger partial charge is 0.182 e. The van der Waals surface area contributed by atoms with Crippen molar-refractivity contribution in [2.45, 2.75) is 12.8 Å². The van der Waals surface area contributed by atoms with Crippen molar-refractivity contribution < 1.29 is 0 Å². The molecule has 0 atom stereocenters. The minimum atomic E-state index is 0.670. The number of aryl methyl sites for hydroxylation is 1. The quantitative estimate of drug-likeness (QED) is 0.768. The predicted molar refractivity (Wildman–Crippen MR) is 57.0 cm³/mol. The first-order valence-electron chi connectivity index (χ1n) is 4.92. The summed E-state index contributed by atoms with van der Waals surface area (Å²) >= 11 is 0. The first-order valence-corrected chi connectivity index (χ1v) is 4.92. The summed E-state index contributed by atoms with van der Waals surface area (Å²) in [5.41, 5.74) is 6.35. The lowest BCUT2D eigenvalue weighted by Gasteiger charge is -1.92. The Bertz CT molecular complexity index is 409. The van der Waals surface area contributed by atoms with Gasteiger partial charge in [0, 0.05) is 24.4 Å². The van der Waals surface area contributed by atoms with Gasteiger partial charge >= 0.3 is 0 Å². The molecule has 0 bridgehead atoms. The van der Waals surface area contributed by atoms with Crippen molar-refractivity contribution in [3.8, 4) is 11.4 Å². The van der Waals surface area contributed by atoms with Gasteiger partial charge in [-0.2, -0.15) is 5.10 Å². The molecule has 0 saturated heterocycles. The third-order valence-electron chi connectivity index (χ3n) is 2.07. The van der Waals surface area contributed by atoms with Gasteiger partial charge in [-0.05, 0) is 25.1 Å². The number of pyridine rings is 1. The maximum atomic E-state index is 5.42. The monoisotopic (exact) mass is 203 g/mol. The number of nitrogens with zero attached hydrogens (tertiary/aromatic N) is 3. The highest BCUT2D eigenvalue weighted by Crippen LogP contribution is 2.12. The zero-order valence-corrected chi connectivity index (χ0v) is 8.35. The van der Waals surface area contributed by atoms with Crippen molar-refractivity contribution >= 4 is 0 Å². The van der Waals surface area contributed by atoms with Gasteiger partial charge in [0.2, 0.25) is 0 Å². The number of nitrogens with two attached hydrogens (primary N) is 1. The van der Waals surface area contributed by atoms with Crippen LogP contribution in [0.15, 0.2) is 24.5 Å². The zero-order valence-electron chi connectivity index (χ0n) is 8.35. The van der Waals surface area contributed by atoms with Gasteiger partial charge in [-0.1, -0.05) is 0 Å². The average molecular weight is 203 g/mol. The Morgan fingerprint density at radius 1 is 1.40 bits per heavy atom. The molecule has 5 nitrogen and oxygen atoms in total. The second kappa shape index (κ2) is 4.65. The molecule has 2 aromatic rings. The molecule has 0 amide bonds. The van der Waals surface area contributed by atoms with Gasteiger partial charge in [0.25, 0.3) is 0 Å². The van der Waals surface area contributed by atoms with Crippen LogP contribution in [0.4, 0.5) is 0 Å².